The van der Waals surface area contributed by atoms with Gasteiger partial charge in [0, 0.05) is 48.9 Å². The lowest BCUT2D eigenvalue weighted by Gasteiger charge is -2.44. The van der Waals surface area contributed by atoms with Crippen LogP contribution in [0, 0.1) is 5.82 Å². The maximum absolute atomic E-state index is 13.2. The molecule has 1 amide bonds. The van der Waals surface area contributed by atoms with Crippen molar-refractivity contribution in [3.63, 3.8) is 0 Å². The van der Waals surface area contributed by atoms with Crippen molar-refractivity contribution in [1.82, 2.24) is 9.80 Å². The Kier molecular flexibility index (Phi) is 6.98. The SMILES string of the molecule is C[C@@H]1CN(Cc2ccc(F)cc2)[C@@H](C)CN1C(=O)COc1cc(S(=O)(=O)O)cc2cc(N)ccc12. The Labute approximate surface area is 203 Å². The molecule has 35 heavy (non-hydrogen) atoms. The first-order chi connectivity index (χ1) is 16.5. The molecular formula is C25H28FN3O5S. The molecule has 1 aliphatic rings. The van der Waals surface area contributed by atoms with Crippen molar-refractivity contribution < 1.29 is 26.9 Å². The van der Waals surface area contributed by atoms with Gasteiger partial charge in [0.05, 0.1) is 4.90 Å². The van der Waals surface area contributed by atoms with Gasteiger partial charge >= 0.3 is 0 Å². The first kappa shape index (κ1) is 24.9. The second kappa shape index (κ2) is 9.80. The summed E-state index contributed by atoms with van der Waals surface area (Å²) >= 11 is 0. The third-order valence-corrected chi connectivity index (χ3v) is 7.13. The minimum atomic E-state index is -4.48. The van der Waals surface area contributed by atoms with Crippen LogP contribution in [-0.4, -0.2) is 60.5 Å². The number of halogens is 1. The van der Waals surface area contributed by atoms with Crippen LogP contribution in [0.1, 0.15) is 19.4 Å². The Morgan fingerprint density at radius 3 is 2.49 bits per heavy atom. The number of fused-ring (bicyclic) bond motifs is 1. The molecule has 186 valence electrons. The van der Waals surface area contributed by atoms with Crippen molar-refractivity contribution in [3.05, 3.63) is 66.0 Å². The standard InChI is InChI=1S/C25H28FN3O5S/c1-16-13-29(17(2)12-28(16)14-18-3-5-20(26)6-4-18)25(30)15-34-24-11-22(35(31,32)33)10-19-9-21(27)7-8-23(19)24/h3-11,16-17H,12-15,27H2,1-2H3,(H,31,32,33)/t16-,17+/m0/s1. The minimum Gasteiger partial charge on any atom is -0.483 e. The molecule has 3 aromatic rings. The lowest BCUT2D eigenvalue weighted by atomic mass is 10.1. The zero-order valence-corrected chi connectivity index (χ0v) is 20.3. The lowest BCUT2D eigenvalue weighted by Crippen LogP contribution is -2.58. The average molecular weight is 502 g/mol. The Balaban J connectivity index is 1.46. The first-order valence-electron chi connectivity index (χ1n) is 11.2. The monoisotopic (exact) mass is 501 g/mol. The molecule has 3 N–H and O–H groups in total. The zero-order chi connectivity index (χ0) is 25.3. The molecule has 4 rings (SSSR count). The normalized spacial score (nSPS) is 19.1. The van der Waals surface area contributed by atoms with Crippen molar-refractivity contribution in [2.75, 3.05) is 25.4 Å². The maximum atomic E-state index is 13.2. The summed E-state index contributed by atoms with van der Waals surface area (Å²) in [6.45, 7) is 5.49. The van der Waals surface area contributed by atoms with Gasteiger partial charge in [-0.1, -0.05) is 12.1 Å². The third kappa shape index (κ3) is 5.72. The summed E-state index contributed by atoms with van der Waals surface area (Å²) in [5.74, 6) is -0.338. The highest BCUT2D eigenvalue weighted by atomic mass is 32.2. The number of carbonyl (C=O) groups is 1. The number of hydrogen-bond donors (Lipinski definition) is 2. The quantitative estimate of drug-likeness (QED) is 0.394. The van der Waals surface area contributed by atoms with Crippen molar-refractivity contribution in [3.8, 4) is 5.75 Å². The number of nitrogens with two attached hydrogens (primary N) is 1. The van der Waals surface area contributed by atoms with E-state index in [1.165, 1.54) is 24.3 Å². The van der Waals surface area contributed by atoms with Crippen molar-refractivity contribution in [1.29, 1.82) is 0 Å². The summed E-state index contributed by atoms with van der Waals surface area (Å²) in [7, 11) is -4.48. The van der Waals surface area contributed by atoms with E-state index in [0.717, 1.165) is 5.56 Å². The van der Waals surface area contributed by atoms with Gasteiger partial charge < -0.3 is 15.4 Å². The van der Waals surface area contributed by atoms with Crippen LogP contribution >= 0.6 is 0 Å². The van der Waals surface area contributed by atoms with E-state index in [-0.39, 0.29) is 41.1 Å². The molecule has 8 nitrogen and oxygen atoms in total. The molecule has 0 saturated carbocycles. The lowest BCUT2D eigenvalue weighted by molar-refractivity contribution is -0.139. The molecule has 1 fully saturated rings. The molecule has 0 aliphatic carbocycles. The summed E-state index contributed by atoms with van der Waals surface area (Å²) in [4.78, 5) is 16.7. The van der Waals surface area contributed by atoms with Gasteiger partial charge in [0.15, 0.2) is 6.61 Å². The largest absolute Gasteiger partial charge is 0.483 e. The van der Waals surface area contributed by atoms with Crippen LogP contribution in [0.15, 0.2) is 59.5 Å². The van der Waals surface area contributed by atoms with Crippen LogP contribution in [0.25, 0.3) is 10.8 Å². The van der Waals surface area contributed by atoms with E-state index in [4.69, 9.17) is 10.5 Å². The molecule has 0 radical (unpaired) electrons. The fourth-order valence-corrected chi connectivity index (χ4v) is 4.94. The molecule has 1 heterocycles. The molecule has 3 aromatic carbocycles. The number of piperazine rings is 1. The number of ether oxygens (including phenoxy) is 1. The fourth-order valence-electron chi connectivity index (χ4n) is 4.41. The highest BCUT2D eigenvalue weighted by Crippen LogP contribution is 2.31. The Bertz CT molecular complexity index is 1350. The molecule has 1 aliphatic heterocycles. The molecule has 0 unspecified atom stereocenters. The average Bonchev–Trinajstić information content (AvgIpc) is 2.79. The number of nitrogen functional groups attached to an aromatic ring is 1. The molecule has 0 spiro atoms. The highest BCUT2D eigenvalue weighted by molar-refractivity contribution is 7.85. The van der Waals surface area contributed by atoms with Crippen LogP contribution in [0.3, 0.4) is 0 Å². The molecular weight excluding hydrogens is 473 g/mol. The number of nitrogens with zero attached hydrogens (tertiary/aromatic N) is 2. The van der Waals surface area contributed by atoms with Gasteiger partial charge in [-0.05, 0) is 61.2 Å². The number of amides is 1. The predicted octanol–water partition coefficient (Wildman–Crippen LogP) is 3.31. The molecule has 2 atom stereocenters. The first-order valence-corrected chi connectivity index (χ1v) is 12.7. The van der Waals surface area contributed by atoms with E-state index < -0.39 is 10.1 Å². The van der Waals surface area contributed by atoms with E-state index in [9.17, 15) is 22.2 Å². The topological polar surface area (TPSA) is 113 Å². The third-order valence-electron chi connectivity index (χ3n) is 6.30. The van der Waals surface area contributed by atoms with E-state index in [2.05, 4.69) is 4.90 Å². The van der Waals surface area contributed by atoms with Gasteiger partial charge in [-0.2, -0.15) is 8.42 Å². The number of hydrogen-bond acceptors (Lipinski definition) is 6. The summed E-state index contributed by atoms with van der Waals surface area (Å²) in [5, 5.41) is 1.05. The molecule has 0 aromatic heterocycles. The highest BCUT2D eigenvalue weighted by Gasteiger charge is 2.32. The summed E-state index contributed by atoms with van der Waals surface area (Å²) in [6, 6.07) is 13.8. The van der Waals surface area contributed by atoms with Gasteiger partial charge in [0.25, 0.3) is 16.0 Å². The van der Waals surface area contributed by atoms with Gasteiger partial charge in [-0.25, -0.2) is 4.39 Å². The molecule has 1 saturated heterocycles. The maximum Gasteiger partial charge on any atom is 0.294 e. The number of carbonyl (C=O) groups excluding carboxylic acids is 1. The summed E-state index contributed by atoms with van der Waals surface area (Å²) < 4.78 is 51.9. The van der Waals surface area contributed by atoms with Gasteiger partial charge in [-0.3, -0.25) is 14.2 Å². The molecule has 10 heteroatoms. The second-order valence-electron chi connectivity index (χ2n) is 8.97. The Morgan fingerprint density at radius 2 is 1.80 bits per heavy atom. The van der Waals surface area contributed by atoms with Gasteiger partial charge in [0.2, 0.25) is 0 Å². The van der Waals surface area contributed by atoms with Gasteiger partial charge in [-0.15, -0.1) is 0 Å². The Hall–Kier alpha value is -3.21. The van der Waals surface area contributed by atoms with Crippen LogP contribution in [0.2, 0.25) is 0 Å². The summed E-state index contributed by atoms with van der Waals surface area (Å²) in [6.07, 6.45) is 0. The van der Waals surface area contributed by atoms with E-state index in [0.29, 0.717) is 36.1 Å². The van der Waals surface area contributed by atoms with E-state index in [1.54, 1.807) is 35.2 Å². The van der Waals surface area contributed by atoms with E-state index in [1.807, 2.05) is 13.8 Å². The smallest absolute Gasteiger partial charge is 0.294 e. The number of benzene rings is 3. The van der Waals surface area contributed by atoms with Gasteiger partial charge in [0.1, 0.15) is 11.6 Å². The zero-order valence-electron chi connectivity index (χ0n) is 19.5. The van der Waals surface area contributed by atoms with E-state index >= 15 is 0 Å². The van der Waals surface area contributed by atoms with Crippen LogP contribution in [-0.2, 0) is 21.5 Å². The second-order valence-corrected chi connectivity index (χ2v) is 10.4. The van der Waals surface area contributed by atoms with Crippen molar-refractivity contribution >= 4 is 32.5 Å². The van der Waals surface area contributed by atoms with Crippen molar-refractivity contribution in [2.45, 2.75) is 37.4 Å². The minimum absolute atomic E-state index is 0.0758. The fraction of sp³-hybridized carbons (Fsp3) is 0.320. The predicted molar refractivity (Wildman–Crippen MR) is 131 cm³/mol. The number of rotatable bonds is 6. The van der Waals surface area contributed by atoms with Crippen LogP contribution < -0.4 is 10.5 Å². The van der Waals surface area contributed by atoms with Crippen molar-refractivity contribution in [2.24, 2.45) is 0 Å². The Morgan fingerprint density at radius 1 is 1.09 bits per heavy atom. The van der Waals surface area contributed by atoms with Crippen LogP contribution in [0.4, 0.5) is 10.1 Å². The van der Waals surface area contributed by atoms with Crippen LogP contribution in [0.5, 0.6) is 5.75 Å². The molecule has 0 bridgehead atoms. The summed E-state index contributed by atoms with van der Waals surface area (Å²) in [5.41, 5.74) is 7.24. The number of anilines is 1.